The molecule has 0 saturated heterocycles. The summed E-state index contributed by atoms with van der Waals surface area (Å²) < 4.78 is 0. The van der Waals surface area contributed by atoms with Gasteiger partial charge in [-0.05, 0) is 32.3 Å². The van der Waals surface area contributed by atoms with E-state index >= 15 is 0 Å². The van der Waals surface area contributed by atoms with E-state index in [1.165, 1.54) is 12.8 Å². The van der Waals surface area contributed by atoms with Crippen LogP contribution in [0.5, 0.6) is 0 Å². The minimum atomic E-state index is 0.684. The lowest BCUT2D eigenvalue weighted by molar-refractivity contribution is 1.15. The van der Waals surface area contributed by atoms with Gasteiger partial charge in [0.25, 0.3) is 0 Å². The van der Waals surface area contributed by atoms with Gasteiger partial charge in [0.2, 0.25) is 0 Å². The highest BCUT2D eigenvalue weighted by molar-refractivity contribution is 6.02. The van der Waals surface area contributed by atoms with E-state index in [0.29, 0.717) is 5.92 Å². The molecule has 1 nitrogen and oxygen atoms in total. The highest BCUT2D eigenvalue weighted by Gasteiger charge is 2.27. The van der Waals surface area contributed by atoms with Gasteiger partial charge in [-0.1, -0.05) is 13.2 Å². The van der Waals surface area contributed by atoms with Gasteiger partial charge in [0.05, 0.1) is 0 Å². The first-order valence-corrected chi connectivity index (χ1v) is 4.01. The molecule has 0 radical (unpaired) electrons. The van der Waals surface area contributed by atoms with E-state index < -0.39 is 0 Å². The van der Waals surface area contributed by atoms with Crippen LogP contribution in [0.3, 0.4) is 0 Å². The van der Waals surface area contributed by atoms with Crippen molar-refractivity contribution < 1.29 is 0 Å². The molecule has 1 heteroatoms. The Balaban J connectivity index is 2.73. The molecular weight excluding hydrogens is 134 g/mol. The van der Waals surface area contributed by atoms with Crippen molar-refractivity contribution in [2.24, 2.45) is 10.9 Å². The Labute approximate surface area is 68.5 Å². The van der Waals surface area contributed by atoms with Crippen LogP contribution in [0.4, 0.5) is 0 Å². The predicted octanol–water partition coefficient (Wildman–Crippen LogP) is 2.95. The summed E-state index contributed by atoms with van der Waals surface area (Å²) in [7, 11) is 0. The van der Waals surface area contributed by atoms with Gasteiger partial charge in [-0.3, -0.25) is 4.99 Å². The van der Waals surface area contributed by atoms with Crippen molar-refractivity contribution in [3.8, 4) is 0 Å². The summed E-state index contributed by atoms with van der Waals surface area (Å²) in [5.41, 5.74) is 3.14. The first-order valence-electron chi connectivity index (χ1n) is 4.01. The van der Waals surface area contributed by atoms with Crippen molar-refractivity contribution in [2.45, 2.75) is 26.7 Å². The topological polar surface area (TPSA) is 12.4 Å². The highest BCUT2D eigenvalue weighted by Crippen LogP contribution is 2.33. The van der Waals surface area contributed by atoms with Crippen molar-refractivity contribution >= 4 is 5.71 Å². The lowest BCUT2D eigenvalue weighted by Gasteiger charge is -2.02. The van der Waals surface area contributed by atoms with E-state index in [2.05, 4.69) is 18.2 Å². The van der Waals surface area contributed by atoms with E-state index in [4.69, 9.17) is 0 Å². The fraction of sp³-hybridized carbons (Fsp3) is 0.500. The van der Waals surface area contributed by atoms with E-state index in [1.807, 2.05) is 13.8 Å². The fourth-order valence-corrected chi connectivity index (χ4v) is 1.10. The van der Waals surface area contributed by atoms with Gasteiger partial charge in [-0.2, -0.15) is 0 Å². The van der Waals surface area contributed by atoms with Crippen molar-refractivity contribution in [3.63, 3.8) is 0 Å². The highest BCUT2D eigenvalue weighted by atomic mass is 14.8. The van der Waals surface area contributed by atoms with Crippen LogP contribution < -0.4 is 0 Å². The minimum absolute atomic E-state index is 0.684. The molecule has 0 aromatic rings. The van der Waals surface area contributed by atoms with Gasteiger partial charge >= 0.3 is 0 Å². The number of rotatable bonds is 3. The number of hydrogen-bond donors (Lipinski definition) is 0. The summed E-state index contributed by atoms with van der Waals surface area (Å²) in [6, 6.07) is 0. The molecule has 0 heterocycles. The van der Waals surface area contributed by atoms with Crippen LogP contribution in [-0.4, -0.2) is 5.71 Å². The fourth-order valence-electron chi connectivity index (χ4n) is 1.10. The molecule has 1 aliphatic rings. The van der Waals surface area contributed by atoms with Gasteiger partial charge in [0.1, 0.15) is 0 Å². The Morgan fingerprint density at radius 3 is 2.09 bits per heavy atom. The molecule has 60 valence electrons. The standard InChI is InChI=1S/C10H15N/c1-7(2)10(9-5-6-9)11-8(3)4/h9H,1,3,5-6H2,2,4H3. The van der Waals surface area contributed by atoms with Crippen LogP contribution in [0.1, 0.15) is 26.7 Å². The largest absolute Gasteiger partial charge is 0.258 e. The van der Waals surface area contributed by atoms with Crippen LogP contribution in [0.15, 0.2) is 29.4 Å². The average molecular weight is 149 g/mol. The summed E-state index contributed by atoms with van der Waals surface area (Å²) in [6.45, 7) is 11.6. The molecule has 0 N–H and O–H groups in total. The molecule has 0 aliphatic heterocycles. The molecule has 1 rings (SSSR count). The maximum atomic E-state index is 4.36. The molecule has 0 aromatic carbocycles. The first-order chi connectivity index (χ1) is 5.11. The summed E-state index contributed by atoms with van der Waals surface area (Å²) in [6.07, 6.45) is 2.55. The van der Waals surface area contributed by atoms with Crippen LogP contribution in [0, 0.1) is 5.92 Å². The molecule has 0 aromatic heterocycles. The summed E-state index contributed by atoms with van der Waals surface area (Å²) in [5.74, 6) is 0.684. The zero-order chi connectivity index (χ0) is 8.43. The van der Waals surface area contributed by atoms with Crippen LogP contribution in [0.25, 0.3) is 0 Å². The Morgan fingerprint density at radius 2 is 1.82 bits per heavy atom. The second kappa shape index (κ2) is 3.04. The van der Waals surface area contributed by atoms with Crippen LogP contribution >= 0.6 is 0 Å². The summed E-state index contributed by atoms with van der Waals surface area (Å²) in [5, 5.41) is 0. The normalized spacial score (nSPS) is 18.2. The van der Waals surface area contributed by atoms with Crippen LogP contribution in [-0.2, 0) is 0 Å². The predicted molar refractivity (Wildman–Crippen MR) is 49.8 cm³/mol. The van der Waals surface area contributed by atoms with E-state index in [9.17, 15) is 0 Å². The molecule has 1 fully saturated rings. The van der Waals surface area contributed by atoms with Gasteiger partial charge < -0.3 is 0 Å². The van der Waals surface area contributed by atoms with Gasteiger partial charge in [0, 0.05) is 17.3 Å². The quantitative estimate of drug-likeness (QED) is 0.547. The Hall–Kier alpha value is -0.850. The van der Waals surface area contributed by atoms with Crippen LogP contribution in [0.2, 0.25) is 0 Å². The van der Waals surface area contributed by atoms with Crippen molar-refractivity contribution in [2.75, 3.05) is 0 Å². The minimum Gasteiger partial charge on any atom is -0.258 e. The molecule has 0 spiro atoms. The molecule has 11 heavy (non-hydrogen) atoms. The third-order valence-corrected chi connectivity index (χ3v) is 1.71. The maximum Gasteiger partial charge on any atom is 0.0460 e. The zero-order valence-electron chi connectivity index (χ0n) is 7.35. The first kappa shape index (κ1) is 8.25. The third-order valence-electron chi connectivity index (χ3n) is 1.71. The Morgan fingerprint density at radius 1 is 1.27 bits per heavy atom. The van der Waals surface area contributed by atoms with E-state index in [1.54, 1.807) is 0 Å². The maximum absolute atomic E-state index is 4.36. The summed E-state index contributed by atoms with van der Waals surface area (Å²) in [4.78, 5) is 4.36. The lowest BCUT2D eigenvalue weighted by atomic mass is 10.1. The smallest absolute Gasteiger partial charge is 0.0460 e. The molecule has 0 atom stereocenters. The summed E-state index contributed by atoms with van der Waals surface area (Å²) >= 11 is 0. The monoisotopic (exact) mass is 149 g/mol. The Kier molecular flexibility index (Phi) is 2.28. The molecular formula is C10H15N. The van der Waals surface area contributed by atoms with Gasteiger partial charge in [-0.25, -0.2) is 0 Å². The van der Waals surface area contributed by atoms with E-state index in [0.717, 1.165) is 17.0 Å². The molecule has 0 bridgehead atoms. The molecule has 1 aliphatic carbocycles. The molecule has 1 saturated carbocycles. The number of aliphatic imine (C=N–C) groups is 1. The molecule has 0 unspecified atom stereocenters. The van der Waals surface area contributed by atoms with E-state index in [-0.39, 0.29) is 0 Å². The van der Waals surface area contributed by atoms with Gasteiger partial charge in [-0.15, -0.1) is 0 Å². The number of allylic oxidation sites excluding steroid dienone is 2. The zero-order valence-corrected chi connectivity index (χ0v) is 7.35. The third kappa shape index (κ3) is 2.34. The second-order valence-corrected chi connectivity index (χ2v) is 3.29. The van der Waals surface area contributed by atoms with Gasteiger partial charge in [0.15, 0.2) is 0 Å². The average Bonchev–Trinajstić information content (AvgIpc) is 2.63. The van der Waals surface area contributed by atoms with Crippen molar-refractivity contribution in [1.29, 1.82) is 0 Å². The SMILES string of the molecule is C=C(C)N=C(C(=C)C)C1CC1. The Bertz CT molecular complexity index is 219. The van der Waals surface area contributed by atoms with Crippen molar-refractivity contribution in [1.82, 2.24) is 0 Å². The number of nitrogens with zero attached hydrogens (tertiary/aromatic N) is 1. The molecule has 0 amide bonds. The number of hydrogen-bond acceptors (Lipinski definition) is 1. The lowest BCUT2D eigenvalue weighted by Crippen LogP contribution is -2.01. The second-order valence-electron chi connectivity index (χ2n) is 3.29. The van der Waals surface area contributed by atoms with Crippen molar-refractivity contribution in [3.05, 3.63) is 24.4 Å².